The zero-order valence-corrected chi connectivity index (χ0v) is 9.86. The minimum absolute atomic E-state index is 0.186. The first-order valence-electron chi connectivity index (χ1n) is 5.01. The lowest BCUT2D eigenvalue weighted by molar-refractivity contribution is -0.0944. The molecule has 3 heteroatoms. The first-order valence-corrected chi connectivity index (χ1v) is 5.01. The number of aryl methyl sites for hydroxylation is 1. The van der Waals surface area contributed by atoms with Gasteiger partial charge in [0.05, 0.1) is 6.54 Å². The van der Waals surface area contributed by atoms with Gasteiger partial charge in [0, 0.05) is 27.0 Å². The number of anilines is 1. The normalized spacial score (nSPS) is 10.7. The fourth-order valence-electron chi connectivity index (χ4n) is 1.56. The topological polar surface area (TPSA) is 21.7 Å². The third-order valence-corrected chi connectivity index (χ3v) is 2.48. The SMILES string of the molecule is COC(CN(C)c1ccccc1C)OC. The molecule has 0 aliphatic rings. The molecular weight excluding hydrogens is 190 g/mol. The average molecular weight is 209 g/mol. The van der Waals surface area contributed by atoms with Crippen molar-refractivity contribution in [1.82, 2.24) is 0 Å². The molecule has 1 rings (SSSR count). The molecule has 0 heterocycles. The molecule has 0 unspecified atom stereocenters. The molecule has 3 nitrogen and oxygen atoms in total. The summed E-state index contributed by atoms with van der Waals surface area (Å²) in [5.74, 6) is 0. The van der Waals surface area contributed by atoms with E-state index >= 15 is 0 Å². The Balaban J connectivity index is 2.68. The second kappa shape index (κ2) is 5.73. The Labute approximate surface area is 91.6 Å². The monoisotopic (exact) mass is 209 g/mol. The van der Waals surface area contributed by atoms with Crippen LogP contribution in [0.15, 0.2) is 24.3 Å². The van der Waals surface area contributed by atoms with Crippen LogP contribution in [0.5, 0.6) is 0 Å². The summed E-state index contributed by atoms with van der Waals surface area (Å²) in [6.45, 7) is 2.82. The van der Waals surface area contributed by atoms with Crippen LogP contribution in [0.1, 0.15) is 5.56 Å². The van der Waals surface area contributed by atoms with Crippen LogP contribution in [0.25, 0.3) is 0 Å². The quantitative estimate of drug-likeness (QED) is 0.693. The maximum atomic E-state index is 5.17. The summed E-state index contributed by atoms with van der Waals surface area (Å²) in [6, 6.07) is 8.27. The Hall–Kier alpha value is -1.06. The fraction of sp³-hybridized carbons (Fsp3) is 0.500. The Morgan fingerprint density at radius 2 is 1.80 bits per heavy atom. The Bertz CT molecular complexity index is 297. The van der Waals surface area contributed by atoms with Crippen LogP contribution >= 0.6 is 0 Å². The highest BCUT2D eigenvalue weighted by atomic mass is 16.7. The van der Waals surface area contributed by atoms with Gasteiger partial charge in [-0.05, 0) is 18.6 Å². The van der Waals surface area contributed by atoms with E-state index in [-0.39, 0.29) is 6.29 Å². The third kappa shape index (κ3) is 3.22. The van der Waals surface area contributed by atoms with E-state index in [0.717, 1.165) is 6.54 Å². The summed E-state index contributed by atoms with van der Waals surface area (Å²) >= 11 is 0. The number of para-hydroxylation sites is 1. The molecule has 84 valence electrons. The molecule has 0 aliphatic heterocycles. The van der Waals surface area contributed by atoms with Crippen molar-refractivity contribution in [2.24, 2.45) is 0 Å². The summed E-state index contributed by atoms with van der Waals surface area (Å²) < 4.78 is 10.3. The molecular formula is C12H19NO2. The van der Waals surface area contributed by atoms with Crippen molar-refractivity contribution in [2.75, 3.05) is 32.7 Å². The van der Waals surface area contributed by atoms with Crippen molar-refractivity contribution < 1.29 is 9.47 Å². The molecule has 15 heavy (non-hydrogen) atoms. The number of benzene rings is 1. The van der Waals surface area contributed by atoms with Gasteiger partial charge in [-0.1, -0.05) is 18.2 Å². The molecule has 1 aromatic rings. The predicted octanol–water partition coefficient (Wildman–Crippen LogP) is 2.05. The van der Waals surface area contributed by atoms with Gasteiger partial charge in [0.2, 0.25) is 0 Å². The second-order valence-corrected chi connectivity index (χ2v) is 3.57. The van der Waals surface area contributed by atoms with Gasteiger partial charge in [-0.2, -0.15) is 0 Å². The molecule has 0 N–H and O–H groups in total. The fourth-order valence-corrected chi connectivity index (χ4v) is 1.56. The highest BCUT2D eigenvalue weighted by Gasteiger charge is 2.10. The van der Waals surface area contributed by atoms with Crippen molar-refractivity contribution in [2.45, 2.75) is 13.2 Å². The summed E-state index contributed by atoms with van der Waals surface area (Å²) in [6.07, 6.45) is -0.186. The lowest BCUT2D eigenvalue weighted by Gasteiger charge is -2.25. The van der Waals surface area contributed by atoms with Crippen LogP contribution in [0.3, 0.4) is 0 Å². The van der Waals surface area contributed by atoms with Crippen LogP contribution < -0.4 is 4.90 Å². The summed E-state index contributed by atoms with van der Waals surface area (Å²) in [4.78, 5) is 2.13. The van der Waals surface area contributed by atoms with Crippen molar-refractivity contribution in [3.05, 3.63) is 29.8 Å². The standard InChI is InChI=1S/C12H19NO2/c1-10-7-5-6-8-11(10)13(2)9-12(14-3)15-4/h5-8,12H,9H2,1-4H3. The highest BCUT2D eigenvalue weighted by molar-refractivity contribution is 5.52. The molecule has 0 fully saturated rings. The highest BCUT2D eigenvalue weighted by Crippen LogP contribution is 2.18. The third-order valence-electron chi connectivity index (χ3n) is 2.48. The van der Waals surface area contributed by atoms with Gasteiger partial charge in [0.25, 0.3) is 0 Å². The van der Waals surface area contributed by atoms with E-state index in [1.165, 1.54) is 11.3 Å². The summed E-state index contributed by atoms with van der Waals surface area (Å²) in [5, 5.41) is 0. The van der Waals surface area contributed by atoms with Gasteiger partial charge in [-0.25, -0.2) is 0 Å². The van der Waals surface area contributed by atoms with Gasteiger partial charge in [0.15, 0.2) is 6.29 Å². The first-order chi connectivity index (χ1) is 7.19. The summed E-state index contributed by atoms with van der Waals surface area (Å²) in [7, 11) is 5.34. The van der Waals surface area contributed by atoms with E-state index in [2.05, 4.69) is 24.0 Å². The molecule has 0 amide bonds. The van der Waals surface area contributed by atoms with Crippen molar-refractivity contribution >= 4 is 5.69 Å². The molecule has 0 bridgehead atoms. The number of nitrogens with zero attached hydrogens (tertiary/aromatic N) is 1. The molecule has 0 aromatic heterocycles. The lowest BCUT2D eigenvalue weighted by atomic mass is 10.2. The number of hydrogen-bond donors (Lipinski definition) is 0. The Morgan fingerprint density at radius 1 is 1.20 bits per heavy atom. The van der Waals surface area contributed by atoms with E-state index in [4.69, 9.17) is 9.47 Å². The predicted molar refractivity (Wildman–Crippen MR) is 62.3 cm³/mol. The number of ether oxygens (including phenoxy) is 2. The van der Waals surface area contributed by atoms with Gasteiger partial charge >= 0.3 is 0 Å². The molecule has 0 atom stereocenters. The first kappa shape index (κ1) is 12.0. The van der Waals surface area contributed by atoms with Crippen LogP contribution in [0.4, 0.5) is 5.69 Å². The molecule has 0 saturated carbocycles. The van der Waals surface area contributed by atoms with Crippen LogP contribution in [0, 0.1) is 6.92 Å². The summed E-state index contributed by atoms with van der Waals surface area (Å²) in [5.41, 5.74) is 2.46. The number of likely N-dealkylation sites (N-methyl/N-ethyl adjacent to an activating group) is 1. The minimum atomic E-state index is -0.186. The van der Waals surface area contributed by atoms with E-state index in [9.17, 15) is 0 Å². The molecule has 1 aromatic carbocycles. The molecule has 0 spiro atoms. The van der Waals surface area contributed by atoms with Crippen LogP contribution in [-0.2, 0) is 9.47 Å². The minimum Gasteiger partial charge on any atom is -0.369 e. The maximum absolute atomic E-state index is 5.17. The van der Waals surface area contributed by atoms with Crippen molar-refractivity contribution in [3.63, 3.8) is 0 Å². The Kier molecular flexibility index (Phi) is 4.59. The van der Waals surface area contributed by atoms with Gasteiger partial charge in [-0.3, -0.25) is 0 Å². The maximum Gasteiger partial charge on any atom is 0.174 e. The van der Waals surface area contributed by atoms with Crippen molar-refractivity contribution in [1.29, 1.82) is 0 Å². The van der Waals surface area contributed by atoms with E-state index < -0.39 is 0 Å². The largest absolute Gasteiger partial charge is 0.369 e. The van der Waals surface area contributed by atoms with Gasteiger partial charge < -0.3 is 14.4 Å². The Morgan fingerprint density at radius 3 is 2.33 bits per heavy atom. The number of rotatable bonds is 5. The second-order valence-electron chi connectivity index (χ2n) is 3.57. The zero-order chi connectivity index (χ0) is 11.3. The molecule has 0 radical (unpaired) electrons. The molecule has 0 aliphatic carbocycles. The zero-order valence-electron chi connectivity index (χ0n) is 9.86. The molecule has 0 saturated heterocycles. The van der Waals surface area contributed by atoms with Crippen LogP contribution in [0.2, 0.25) is 0 Å². The van der Waals surface area contributed by atoms with E-state index in [1.54, 1.807) is 14.2 Å². The van der Waals surface area contributed by atoms with E-state index in [1.807, 2.05) is 19.2 Å². The van der Waals surface area contributed by atoms with Crippen LogP contribution in [-0.4, -0.2) is 34.1 Å². The lowest BCUT2D eigenvalue weighted by Crippen LogP contribution is -2.31. The smallest absolute Gasteiger partial charge is 0.174 e. The van der Waals surface area contributed by atoms with Gasteiger partial charge in [0.1, 0.15) is 0 Å². The number of methoxy groups -OCH3 is 2. The average Bonchev–Trinajstić information content (AvgIpc) is 2.26. The van der Waals surface area contributed by atoms with Gasteiger partial charge in [-0.15, -0.1) is 0 Å². The van der Waals surface area contributed by atoms with Crippen molar-refractivity contribution in [3.8, 4) is 0 Å². The number of hydrogen-bond acceptors (Lipinski definition) is 3. The van der Waals surface area contributed by atoms with E-state index in [0.29, 0.717) is 0 Å².